The van der Waals surface area contributed by atoms with Crippen LogP contribution >= 0.6 is 11.3 Å². The summed E-state index contributed by atoms with van der Waals surface area (Å²) in [7, 11) is 0. The topological polar surface area (TPSA) is 38.3 Å². The predicted octanol–water partition coefficient (Wildman–Crippen LogP) is 3.78. The van der Waals surface area contributed by atoms with Crippen molar-refractivity contribution in [2.75, 3.05) is 13.2 Å². The van der Waals surface area contributed by atoms with Gasteiger partial charge in [-0.25, -0.2) is 0 Å². The van der Waals surface area contributed by atoms with Crippen molar-refractivity contribution in [1.29, 1.82) is 0 Å². The van der Waals surface area contributed by atoms with Gasteiger partial charge >= 0.3 is 0 Å². The fourth-order valence-corrected chi connectivity index (χ4v) is 2.74. The Kier molecular flexibility index (Phi) is 5.61. The summed E-state index contributed by atoms with van der Waals surface area (Å²) in [6.07, 6.45) is 0.857. The first-order chi connectivity index (χ1) is 10.4. The second kappa shape index (κ2) is 7.45. The molecule has 0 aliphatic heterocycles. The highest BCUT2D eigenvalue weighted by atomic mass is 32.1. The summed E-state index contributed by atoms with van der Waals surface area (Å²) < 4.78 is 5.51. The largest absolute Gasteiger partial charge is 0.484 e. The van der Waals surface area contributed by atoms with Gasteiger partial charge in [0.05, 0.1) is 0 Å². The minimum Gasteiger partial charge on any atom is -0.484 e. The van der Waals surface area contributed by atoms with Crippen molar-refractivity contribution in [3.63, 3.8) is 0 Å². The summed E-state index contributed by atoms with van der Waals surface area (Å²) in [5.41, 5.74) is 2.63. The SMILES string of the molecule is CC(C)(C)c1ccc(OCC(=O)NCCc2ccsc2)cc1. The van der Waals surface area contributed by atoms with E-state index in [1.54, 1.807) is 11.3 Å². The molecule has 4 heteroatoms. The van der Waals surface area contributed by atoms with Gasteiger partial charge in [0.15, 0.2) is 6.61 Å². The summed E-state index contributed by atoms with van der Waals surface area (Å²) in [5.74, 6) is 0.635. The molecule has 3 nitrogen and oxygen atoms in total. The highest BCUT2D eigenvalue weighted by Crippen LogP contribution is 2.24. The lowest BCUT2D eigenvalue weighted by Gasteiger charge is -2.19. The maximum absolute atomic E-state index is 11.7. The third-order valence-corrected chi connectivity index (χ3v) is 4.14. The molecule has 0 bridgehead atoms. The van der Waals surface area contributed by atoms with Gasteiger partial charge in [-0.2, -0.15) is 11.3 Å². The Labute approximate surface area is 136 Å². The smallest absolute Gasteiger partial charge is 0.257 e. The van der Waals surface area contributed by atoms with Gasteiger partial charge in [0.25, 0.3) is 5.91 Å². The standard InChI is InChI=1S/C18H23NO2S/c1-18(2,3)15-4-6-16(7-5-15)21-12-17(20)19-10-8-14-9-11-22-13-14/h4-7,9,11,13H,8,10,12H2,1-3H3,(H,19,20). The van der Waals surface area contributed by atoms with E-state index in [0.717, 1.165) is 12.2 Å². The Hall–Kier alpha value is -1.81. The molecule has 2 aromatic rings. The average Bonchev–Trinajstić information content (AvgIpc) is 2.98. The van der Waals surface area contributed by atoms with Gasteiger partial charge in [-0.3, -0.25) is 4.79 Å². The number of carbonyl (C=O) groups excluding carboxylic acids is 1. The maximum Gasteiger partial charge on any atom is 0.257 e. The summed E-state index contributed by atoms with van der Waals surface area (Å²) in [4.78, 5) is 11.7. The zero-order valence-electron chi connectivity index (χ0n) is 13.4. The van der Waals surface area contributed by atoms with Gasteiger partial charge in [0, 0.05) is 6.54 Å². The van der Waals surface area contributed by atoms with E-state index in [0.29, 0.717) is 6.54 Å². The van der Waals surface area contributed by atoms with Gasteiger partial charge < -0.3 is 10.1 Å². The maximum atomic E-state index is 11.7. The Bertz CT molecular complexity index is 583. The fourth-order valence-electron chi connectivity index (χ4n) is 2.03. The zero-order chi connectivity index (χ0) is 16.0. The molecule has 1 aromatic heterocycles. The van der Waals surface area contributed by atoms with Crippen LogP contribution in [0.5, 0.6) is 5.75 Å². The van der Waals surface area contributed by atoms with Crippen LogP contribution in [0, 0.1) is 0 Å². The van der Waals surface area contributed by atoms with Crippen molar-refractivity contribution in [1.82, 2.24) is 5.32 Å². The number of amides is 1. The van der Waals surface area contributed by atoms with E-state index in [1.807, 2.05) is 29.6 Å². The molecule has 0 atom stereocenters. The van der Waals surface area contributed by atoms with Crippen molar-refractivity contribution < 1.29 is 9.53 Å². The minimum atomic E-state index is -0.0878. The van der Waals surface area contributed by atoms with Gasteiger partial charge in [-0.1, -0.05) is 32.9 Å². The van der Waals surface area contributed by atoms with Crippen LogP contribution in [-0.4, -0.2) is 19.1 Å². The van der Waals surface area contributed by atoms with E-state index in [-0.39, 0.29) is 17.9 Å². The molecule has 0 saturated heterocycles. The van der Waals surface area contributed by atoms with Gasteiger partial charge in [0.2, 0.25) is 0 Å². The first-order valence-corrected chi connectivity index (χ1v) is 8.40. The van der Waals surface area contributed by atoms with Gasteiger partial charge in [-0.05, 0) is 51.9 Å². The quantitative estimate of drug-likeness (QED) is 0.880. The molecule has 0 fully saturated rings. The Morgan fingerprint density at radius 1 is 1.18 bits per heavy atom. The first kappa shape index (κ1) is 16.6. The van der Waals surface area contributed by atoms with E-state index < -0.39 is 0 Å². The molecule has 1 amide bonds. The minimum absolute atomic E-state index is 0.0541. The van der Waals surface area contributed by atoms with E-state index in [2.05, 4.69) is 37.5 Å². The van der Waals surface area contributed by atoms with Crippen molar-refractivity contribution >= 4 is 17.2 Å². The highest BCUT2D eigenvalue weighted by molar-refractivity contribution is 7.07. The number of ether oxygens (including phenoxy) is 1. The number of hydrogen-bond acceptors (Lipinski definition) is 3. The lowest BCUT2D eigenvalue weighted by Crippen LogP contribution is -2.30. The highest BCUT2D eigenvalue weighted by Gasteiger charge is 2.13. The van der Waals surface area contributed by atoms with Crippen LogP contribution in [0.25, 0.3) is 0 Å². The number of benzene rings is 1. The summed E-state index contributed by atoms with van der Waals surface area (Å²) in [6.45, 7) is 7.21. The molecule has 0 unspecified atom stereocenters. The molecule has 1 aromatic carbocycles. The molecule has 2 rings (SSSR count). The monoisotopic (exact) mass is 317 g/mol. The number of hydrogen-bond donors (Lipinski definition) is 1. The van der Waals surface area contributed by atoms with Crippen LogP contribution in [-0.2, 0) is 16.6 Å². The normalized spacial score (nSPS) is 11.2. The molecule has 0 saturated carbocycles. The summed E-state index contributed by atoms with van der Waals surface area (Å²) in [5, 5.41) is 7.01. The van der Waals surface area contributed by atoms with Crippen LogP contribution in [0.1, 0.15) is 31.9 Å². The molecular weight excluding hydrogens is 294 g/mol. The molecule has 0 radical (unpaired) electrons. The van der Waals surface area contributed by atoms with Gasteiger partial charge in [-0.15, -0.1) is 0 Å². The number of nitrogens with one attached hydrogen (secondary N) is 1. The van der Waals surface area contributed by atoms with Crippen LogP contribution in [0.15, 0.2) is 41.1 Å². The molecule has 1 N–H and O–H groups in total. The van der Waals surface area contributed by atoms with E-state index in [1.165, 1.54) is 11.1 Å². The number of carbonyl (C=O) groups is 1. The van der Waals surface area contributed by atoms with Crippen LogP contribution in [0.3, 0.4) is 0 Å². The number of rotatable bonds is 6. The Morgan fingerprint density at radius 2 is 1.91 bits per heavy atom. The van der Waals surface area contributed by atoms with E-state index in [4.69, 9.17) is 4.74 Å². The molecule has 1 heterocycles. The molecule has 118 valence electrons. The van der Waals surface area contributed by atoms with Crippen molar-refractivity contribution in [3.05, 3.63) is 52.2 Å². The van der Waals surface area contributed by atoms with Crippen LogP contribution < -0.4 is 10.1 Å². The molecule has 22 heavy (non-hydrogen) atoms. The lowest BCUT2D eigenvalue weighted by atomic mass is 9.87. The van der Waals surface area contributed by atoms with Crippen molar-refractivity contribution in [2.45, 2.75) is 32.6 Å². The molecule has 0 aliphatic rings. The van der Waals surface area contributed by atoms with Crippen molar-refractivity contribution in [2.24, 2.45) is 0 Å². The lowest BCUT2D eigenvalue weighted by molar-refractivity contribution is -0.123. The molecule has 0 aliphatic carbocycles. The van der Waals surface area contributed by atoms with E-state index >= 15 is 0 Å². The van der Waals surface area contributed by atoms with Crippen LogP contribution in [0.2, 0.25) is 0 Å². The average molecular weight is 317 g/mol. The summed E-state index contributed by atoms with van der Waals surface area (Å²) in [6, 6.07) is 10.00. The number of thiophene rings is 1. The fraction of sp³-hybridized carbons (Fsp3) is 0.389. The predicted molar refractivity (Wildman–Crippen MR) is 91.7 cm³/mol. The van der Waals surface area contributed by atoms with E-state index in [9.17, 15) is 4.79 Å². The summed E-state index contributed by atoms with van der Waals surface area (Å²) >= 11 is 1.67. The second-order valence-corrected chi connectivity index (χ2v) is 7.07. The molecule has 0 spiro atoms. The molecular formula is C18H23NO2S. The Balaban J connectivity index is 1.71. The van der Waals surface area contributed by atoms with Gasteiger partial charge in [0.1, 0.15) is 5.75 Å². The zero-order valence-corrected chi connectivity index (χ0v) is 14.2. The van der Waals surface area contributed by atoms with Crippen molar-refractivity contribution in [3.8, 4) is 5.75 Å². The third kappa shape index (κ3) is 5.19. The first-order valence-electron chi connectivity index (χ1n) is 7.46. The Morgan fingerprint density at radius 3 is 2.50 bits per heavy atom. The van der Waals surface area contributed by atoms with Crippen LogP contribution in [0.4, 0.5) is 0 Å². The third-order valence-electron chi connectivity index (χ3n) is 3.41. The second-order valence-electron chi connectivity index (χ2n) is 6.29.